The van der Waals surface area contributed by atoms with E-state index in [1.54, 1.807) is 18.4 Å². The molecule has 25 heavy (non-hydrogen) atoms. The van der Waals surface area contributed by atoms with E-state index in [1.807, 2.05) is 29.6 Å². The summed E-state index contributed by atoms with van der Waals surface area (Å²) in [5.41, 5.74) is 1.70. The Balaban J connectivity index is 1.75. The average Bonchev–Trinajstić information content (AvgIpc) is 3.21. The molecule has 0 fully saturated rings. The number of para-hydroxylation sites is 1. The van der Waals surface area contributed by atoms with Gasteiger partial charge < -0.3 is 14.8 Å². The zero-order valence-corrected chi connectivity index (χ0v) is 14.6. The van der Waals surface area contributed by atoms with Crippen molar-refractivity contribution < 1.29 is 14.3 Å². The van der Waals surface area contributed by atoms with Crippen molar-refractivity contribution in [1.82, 2.24) is 9.88 Å². The van der Waals surface area contributed by atoms with Crippen LogP contribution in [0, 0.1) is 0 Å². The van der Waals surface area contributed by atoms with Crippen LogP contribution in [0.1, 0.15) is 23.9 Å². The highest BCUT2D eigenvalue weighted by atomic mass is 32.1. The van der Waals surface area contributed by atoms with Gasteiger partial charge in [-0.2, -0.15) is 0 Å². The van der Waals surface area contributed by atoms with Crippen molar-refractivity contribution >= 4 is 22.4 Å². The van der Waals surface area contributed by atoms with Crippen LogP contribution in [0.5, 0.6) is 5.75 Å². The lowest BCUT2D eigenvalue weighted by atomic mass is 10.2. The number of carbonyl (C=O) groups is 1. The monoisotopic (exact) mass is 357 g/mol. The number of thiazole rings is 1. The molecule has 3 rings (SSSR count). The molecule has 0 saturated carbocycles. The Bertz CT molecular complexity index is 830. The van der Waals surface area contributed by atoms with E-state index in [-0.39, 0.29) is 11.7 Å². The molecule has 0 bridgehead atoms. The van der Waals surface area contributed by atoms with Crippen molar-refractivity contribution in [2.24, 2.45) is 0 Å². The highest BCUT2D eigenvalue weighted by Crippen LogP contribution is 2.22. The minimum Gasteiger partial charge on any atom is -0.508 e. The van der Waals surface area contributed by atoms with Gasteiger partial charge in [0.05, 0.1) is 18.5 Å². The molecule has 0 aliphatic heterocycles. The number of aromatic hydroxyl groups is 1. The molecule has 7 heteroatoms. The molecular weight excluding hydrogens is 338 g/mol. The van der Waals surface area contributed by atoms with E-state index < -0.39 is 0 Å². The van der Waals surface area contributed by atoms with Crippen LogP contribution in [0.15, 0.2) is 52.5 Å². The highest BCUT2D eigenvalue weighted by molar-refractivity contribution is 7.13. The van der Waals surface area contributed by atoms with Gasteiger partial charge in [0, 0.05) is 31.0 Å². The number of phenols is 1. The second kappa shape index (κ2) is 7.96. The maximum atomic E-state index is 11.1. The molecule has 6 nitrogen and oxygen atoms in total. The van der Waals surface area contributed by atoms with Gasteiger partial charge in [-0.25, -0.2) is 4.98 Å². The number of hydrogen-bond donors (Lipinski definition) is 2. The van der Waals surface area contributed by atoms with Gasteiger partial charge in [-0.3, -0.25) is 9.69 Å². The molecule has 0 atom stereocenters. The number of anilines is 1. The molecule has 0 aliphatic rings. The Kier molecular flexibility index (Phi) is 5.47. The summed E-state index contributed by atoms with van der Waals surface area (Å²) < 4.78 is 5.45. The van der Waals surface area contributed by atoms with Crippen molar-refractivity contribution in [1.29, 1.82) is 0 Å². The second-order valence-corrected chi connectivity index (χ2v) is 6.54. The minimum atomic E-state index is -0.137. The van der Waals surface area contributed by atoms with E-state index in [0.717, 1.165) is 17.0 Å². The first-order valence-electron chi connectivity index (χ1n) is 7.84. The molecule has 0 aliphatic carbocycles. The predicted octanol–water partition coefficient (Wildman–Crippen LogP) is 3.60. The van der Waals surface area contributed by atoms with Gasteiger partial charge in [0.25, 0.3) is 0 Å². The van der Waals surface area contributed by atoms with Gasteiger partial charge in [-0.1, -0.05) is 18.2 Å². The van der Waals surface area contributed by atoms with Gasteiger partial charge >= 0.3 is 0 Å². The third-order valence-electron chi connectivity index (χ3n) is 3.57. The second-order valence-electron chi connectivity index (χ2n) is 5.68. The maximum Gasteiger partial charge on any atom is 0.223 e. The van der Waals surface area contributed by atoms with Gasteiger partial charge in [0.2, 0.25) is 5.91 Å². The first kappa shape index (κ1) is 17.2. The summed E-state index contributed by atoms with van der Waals surface area (Å²) in [5, 5.41) is 15.2. The number of rotatable bonds is 7. The predicted molar refractivity (Wildman–Crippen MR) is 96.2 cm³/mol. The fourth-order valence-electron chi connectivity index (χ4n) is 2.49. The van der Waals surface area contributed by atoms with Crippen LogP contribution in [0.2, 0.25) is 0 Å². The summed E-state index contributed by atoms with van der Waals surface area (Å²) in [5.74, 6) is 0.972. The Morgan fingerprint density at radius 3 is 2.80 bits per heavy atom. The molecule has 3 aromatic rings. The zero-order valence-electron chi connectivity index (χ0n) is 13.8. The van der Waals surface area contributed by atoms with Crippen LogP contribution in [0.4, 0.5) is 5.13 Å². The molecule has 0 radical (unpaired) electrons. The number of nitrogens with zero attached hydrogens (tertiary/aromatic N) is 2. The van der Waals surface area contributed by atoms with Crippen molar-refractivity contribution in [2.45, 2.75) is 26.6 Å². The van der Waals surface area contributed by atoms with Crippen molar-refractivity contribution in [3.63, 3.8) is 0 Å². The van der Waals surface area contributed by atoms with E-state index >= 15 is 0 Å². The zero-order chi connectivity index (χ0) is 17.6. The normalized spacial score (nSPS) is 11.0. The van der Waals surface area contributed by atoms with Crippen LogP contribution in [-0.2, 0) is 24.4 Å². The largest absolute Gasteiger partial charge is 0.508 e. The molecule has 1 amide bonds. The summed E-state index contributed by atoms with van der Waals surface area (Å²) in [6.07, 6.45) is 1.64. The Morgan fingerprint density at radius 2 is 2.08 bits per heavy atom. The van der Waals surface area contributed by atoms with E-state index in [4.69, 9.17) is 4.42 Å². The SMILES string of the molecule is CC(=O)Nc1nc(CN(Cc2ccco2)Cc2ccccc2O)cs1. The quantitative estimate of drug-likeness (QED) is 0.675. The van der Waals surface area contributed by atoms with Crippen molar-refractivity contribution in [3.05, 3.63) is 65.1 Å². The van der Waals surface area contributed by atoms with E-state index in [9.17, 15) is 9.90 Å². The third kappa shape index (κ3) is 4.91. The number of phenolic OH excluding ortho intramolecular Hbond substituents is 1. The molecule has 2 heterocycles. The number of benzene rings is 1. The summed E-state index contributed by atoms with van der Waals surface area (Å²) in [6, 6.07) is 11.0. The Hall–Kier alpha value is -2.64. The number of hydrogen-bond acceptors (Lipinski definition) is 6. The number of furan rings is 1. The fraction of sp³-hybridized carbons (Fsp3) is 0.222. The van der Waals surface area contributed by atoms with Crippen LogP contribution in [0.25, 0.3) is 0 Å². The lowest BCUT2D eigenvalue weighted by molar-refractivity contribution is -0.114. The number of carbonyl (C=O) groups excluding carboxylic acids is 1. The van der Waals surface area contributed by atoms with Gasteiger partial charge in [0.15, 0.2) is 5.13 Å². The summed E-state index contributed by atoms with van der Waals surface area (Å²) in [7, 11) is 0. The highest BCUT2D eigenvalue weighted by Gasteiger charge is 2.14. The molecule has 0 spiro atoms. The third-order valence-corrected chi connectivity index (χ3v) is 4.37. The van der Waals surface area contributed by atoms with Crippen LogP contribution in [-0.4, -0.2) is 20.9 Å². The topological polar surface area (TPSA) is 78.6 Å². The van der Waals surface area contributed by atoms with Crippen molar-refractivity contribution in [3.8, 4) is 5.75 Å². The van der Waals surface area contributed by atoms with Gasteiger partial charge in [-0.15, -0.1) is 11.3 Å². The van der Waals surface area contributed by atoms with Gasteiger partial charge in [-0.05, 0) is 18.2 Å². The van der Waals surface area contributed by atoms with Crippen molar-refractivity contribution in [2.75, 3.05) is 5.32 Å². The Labute approximate surface area is 149 Å². The lowest BCUT2D eigenvalue weighted by Crippen LogP contribution is -2.22. The number of aromatic nitrogens is 1. The number of amides is 1. The summed E-state index contributed by atoms with van der Waals surface area (Å²) in [4.78, 5) is 17.7. The molecular formula is C18H19N3O3S. The smallest absolute Gasteiger partial charge is 0.223 e. The first-order chi connectivity index (χ1) is 12.1. The average molecular weight is 357 g/mol. The molecule has 2 aromatic heterocycles. The van der Waals surface area contributed by atoms with Gasteiger partial charge in [0.1, 0.15) is 11.5 Å². The molecule has 130 valence electrons. The molecule has 2 N–H and O–H groups in total. The molecule has 0 saturated heterocycles. The summed E-state index contributed by atoms with van der Waals surface area (Å²) in [6.45, 7) is 3.18. The maximum absolute atomic E-state index is 11.1. The standard InChI is InChI=1S/C18H19N3O3S/c1-13(22)19-18-20-15(12-25-18)10-21(11-16-6-4-8-24-16)9-14-5-2-3-7-17(14)23/h2-8,12,23H,9-11H2,1H3,(H,19,20,22). The van der Waals surface area contributed by atoms with E-state index in [2.05, 4.69) is 15.2 Å². The summed E-state index contributed by atoms with van der Waals surface area (Å²) >= 11 is 1.39. The van der Waals surface area contributed by atoms with E-state index in [1.165, 1.54) is 18.3 Å². The van der Waals surface area contributed by atoms with Crippen LogP contribution in [0.3, 0.4) is 0 Å². The van der Waals surface area contributed by atoms with Crippen LogP contribution >= 0.6 is 11.3 Å². The van der Waals surface area contributed by atoms with E-state index in [0.29, 0.717) is 24.8 Å². The minimum absolute atomic E-state index is 0.137. The molecule has 1 aromatic carbocycles. The lowest BCUT2D eigenvalue weighted by Gasteiger charge is -2.21. The van der Waals surface area contributed by atoms with Crippen LogP contribution < -0.4 is 5.32 Å². The number of nitrogens with one attached hydrogen (secondary N) is 1. The fourth-order valence-corrected chi connectivity index (χ4v) is 3.24. The first-order valence-corrected chi connectivity index (χ1v) is 8.71. The Morgan fingerprint density at radius 1 is 1.24 bits per heavy atom. The molecule has 0 unspecified atom stereocenters.